The van der Waals surface area contributed by atoms with Crippen molar-refractivity contribution in [2.24, 2.45) is 0 Å². The van der Waals surface area contributed by atoms with Gasteiger partial charge in [0.25, 0.3) is 0 Å². The van der Waals surface area contributed by atoms with Crippen LogP contribution in [-0.2, 0) is 5.92 Å². The van der Waals surface area contributed by atoms with Crippen LogP contribution < -0.4 is 14.8 Å². The van der Waals surface area contributed by atoms with Gasteiger partial charge in [0.2, 0.25) is 23.3 Å². The summed E-state index contributed by atoms with van der Waals surface area (Å²) in [5.41, 5.74) is -19.7. The predicted molar refractivity (Wildman–Crippen MR) is 139 cm³/mol. The molecule has 1 aliphatic carbocycles. The van der Waals surface area contributed by atoms with Gasteiger partial charge in [0.05, 0.1) is 27.7 Å². The van der Waals surface area contributed by atoms with Gasteiger partial charge in [-0.1, -0.05) is 0 Å². The molecule has 0 saturated heterocycles. The van der Waals surface area contributed by atoms with Crippen LogP contribution in [-0.4, -0.2) is 7.12 Å². The van der Waals surface area contributed by atoms with E-state index in [-0.39, 0.29) is 0 Å². The van der Waals surface area contributed by atoms with Gasteiger partial charge in [0, 0.05) is 11.1 Å². The molecule has 300 valence electrons. The molecule has 57 heavy (non-hydrogen) atoms. The smallest absolute Gasteiger partial charge is 0.519 e. The Morgan fingerprint density at radius 2 is 0.544 bits per heavy atom. The Balaban J connectivity index is 1.74. The highest BCUT2D eigenvalue weighted by Gasteiger charge is 2.56. The van der Waals surface area contributed by atoms with Crippen molar-refractivity contribution in [2.75, 3.05) is 0 Å². The first-order valence-corrected chi connectivity index (χ1v) is 14.0. The van der Waals surface area contributed by atoms with Crippen LogP contribution in [0.15, 0.2) is 0 Å². The lowest BCUT2D eigenvalue weighted by atomic mass is 9.76. The summed E-state index contributed by atoms with van der Waals surface area (Å²) in [6.45, 7) is 0. The maximum absolute atomic E-state index is 15.8. The summed E-state index contributed by atoms with van der Waals surface area (Å²) in [4.78, 5) is 0. The number of alkyl halides is 2. The number of fused-ring (bicyclic) bond motifs is 3. The second kappa shape index (κ2) is 13.4. The van der Waals surface area contributed by atoms with E-state index in [2.05, 4.69) is 9.31 Å². The highest BCUT2D eigenvalue weighted by atomic mass is 19.3. The van der Waals surface area contributed by atoms with Crippen molar-refractivity contribution < 1.29 is 110 Å². The topological polar surface area (TPSA) is 18.5 Å². The number of hydrogen-bond donors (Lipinski definition) is 0. The average molecular weight is 852 g/mol. The van der Waals surface area contributed by atoms with Crippen LogP contribution in [0.3, 0.4) is 0 Å². The molecule has 0 saturated carbocycles. The molecule has 1 aliphatic rings. The molecule has 0 spiro atoms. The quantitative estimate of drug-likeness (QED) is 0.0734. The summed E-state index contributed by atoms with van der Waals surface area (Å²) >= 11 is 0. The largest absolute Gasteiger partial charge is 0.639 e. The molecule has 0 amide bonds. The second-order valence-corrected chi connectivity index (χ2v) is 11.1. The molecule has 6 rings (SSSR count). The Hall–Kier alpha value is -5.85. The highest BCUT2D eigenvalue weighted by Crippen LogP contribution is 2.58. The third kappa shape index (κ3) is 5.44. The van der Waals surface area contributed by atoms with Crippen molar-refractivity contribution in [3.05, 3.63) is 133 Å². The Bertz CT molecular complexity index is 2590. The van der Waals surface area contributed by atoms with Gasteiger partial charge >= 0.3 is 13.0 Å². The van der Waals surface area contributed by atoms with Crippen LogP contribution in [0.25, 0.3) is 22.3 Å². The van der Waals surface area contributed by atoms with E-state index in [9.17, 15) is 65.9 Å². The van der Waals surface area contributed by atoms with E-state index in [4.69, 9.17) is 0 Å². The third-order valence-corrected chi connectivity index (χ3v) is 8.04. The maximum atomic E-state index is 15.8. The standard InChI is InChI=1S/C31BF23O2/c33-8-1-2-6(31(54,55)5(1)13(38)21(46)16(8)41)30(28(53)20(45)9(2)34)57-32(7-14(39)22(47)25(50)23(48)15(7)40)56-29-4(12(37)19(44)26(51)27(29)52)3-10(35)17(42)24(49)18(43)11(3)36. The lowest BCUT2D eigenvalue weighted by molar-refractivity contribution is 0.0404. The summed E-state index contributed by atoms with van der Waals surface area (Å²) < 4.78 is 347. The Morgan fingerprint density at radius 1 is 0.263 bits per heavy atom. The Kier molecular flexibility index (Phi) is 9.58. The van der Waals surface area contributed by atoms with Crippen LogP contribution in [0.4, 0.5) is 101 Å². The van der Waals surface area contributed by atoms with Gasteiger partial charge in [0.1, 0.15) is 0 Å². The van der Waals surface area contributed by atoms with Crippen LogP contribution in [0.5, 0.6) is 11.5 Å². The Morgan fingerprint density at radius 3 is 1.00 bits per heavy atom. The number of halogens is 23. The average Bonchev–Trinajstić information content (AvgIpc) is 3.42. The van der Waals surface area contributed by atoms with E-state index in [1.807, 2.05) is 0 Å². The maximum Gasteiger partial charge on any atom is 0.639 e. The molecule has 0 heterocycles. The molecule has 0 radical (unpaired) electrons. The summed E-state index contributed by atoms with van der Waals surface area (Å²) in [7, 11) is -4.50. The van der Waals surface area contributed by atoms with Gasteiger partial charge in [-0.05, 0) is 0 Å². The number of hydrogen-bond acceptors (Lipinski definition) is 2. The molecular formula is C31BF23O2. The van der Waals surface area contributed by atoms with E-state index >= 15 is 35.1 Å². The lowest BCUT2D eigenvalue weighted by Gasteiger charge is -2.24. The summed E-state index contributed by atoms with van der Waals surface area (Å²) in [6.07, 6.45) is 0. The Labute approximate surface area is 296 Å². The van der Waals surface area contributed by atoms with E-state index < -0.39 is 186 Å². The van der Waals surface area contributed by atoms with Gasteiger partial charge in [-0.2, -0.15) is 17.6 Å². The summed E-state index contributed by atoms with van der Waals surface area (Å²) in [5, 5.41) is 0. The van der Waals surface area contributed by atoms with Crippen molar-refractivity contribution in [3.8, 4) is 33.8 Å². The summed E-state index contributed by atoms with van der Waals surface area (Å²) in [5.74, 6) is -79.4. The molecule has 0 fully saturated rings. The van der Waals surface area contributed by atoms with E-state index in [1.54, 1.807) is 0 Å². The van der Waals surface area contributed by atoms with Gasteiger partial charge < -0.3 is 9.31 Å². The molecule has 0 aliphatic heterocycles. The first-order valence-electron chi connectivity index (χ1n) is 14.0. The van der Waals surface area contributed by atoms with Crippen molar-refractivity contribution >= 4 is 12.6 Å². The monoisotopic (exact) mass is 852 g/mol. The molecule has 5 aromatic rings. The van der Waals surface area contributed by atoms with Crippen LogP contribution in [0, 0.1) is 122 Å². The van der Waals surface area contributed by atoms with Crippen LogP contribution >= 0.6 is 0 Å². The van der Waals surface area contributed by atoms with Crippen LogP contribution in [0.1, 0.15) is 11.1 Å². The first-order chi connectivity index (χ1) is 26.3. The molecule has 0 atom stereocenters. The minimum absolute atomic E-state index is 2.50. The minimum Gasteiger partial charge on any atom is -0.519 e. The molecule has 0 unspecified atom stereocenters. The molecule has 0 aromatic heterocycles. The van der Waals surface area contributed by atoms with Gasteiger partial charge in [0.15, 0.2) is 110 Å². The molecule has 2 nitrogen and oxygen atoms in total. The molecule has 0 N–H and O–H groups in total. The van der Waals surface area contributed by atoms with E-state index in [0.717, 1.165) is 0 Å². The highest BCUT2D eigenvalue weighted by molar-refractivity contribution is 6.63. The zero-order chi connectivity index (χ0) is 42.8. The molecule has 0 bridgehead atoms. The van der Waals surface area contributed by atoms with Crippen LogP contribution in [0.2, 0.25) is 0 Å². The van der Waals surface area contributed by atoms with Crippen molar-refractivity contribution in [1.82, 2.24) is 0 Å². The zero-order valence-corrected chi connectivity index (χ0v) is 25.6. The molecular weight excluding hydrogens is 852 g/mol. The second-order valence-electron chi connectivity index (χ2n) is 11.1. The zero-order valence-electron chi connectivity index (χ0n) is 25.6. The lowest BCUT2D eigenvalue weighted by Crippen LogP contribution is -2.48. The summed E-state index contributed by atoms with van der Waals surface area (Å²) in [6, 6.07) is 0. The molecule has 5 aromatic carbocycles. The number of rotatable bonds is 6. The first kappa shape index (κ1) is 40.8. The molecule has 26 heteroatoms. The van der Waals surface area contributed by atoms with Gasteiger partial charge in [-0.15, -0.1) is 0 Å². The van der Waals surface area contributed by atoms with Crippen molar-refractivity contribution in [1.29, 1.82) is 0 Å². The van der Waals surface area contributed by atoms with E-state index in [0.29, 0.717) is 0 Å². The predicted octanol–water partition coefficient (Wildman–Crippen LogP) is 10.2. The van der Waals surface area contributed by atoms with Crippen molar-refractivity contribution in [3.63, 3.8) is 0 Å². The normalized spacial score (nSPS) is 13.0. The SMILES string of the molecule is Fc1c(F)c(F)c(B(Oc2c(F)c(F)c(F)c(F)c2-c2c(F)c(F)c(F)c(F)c2F)Oc2c(F)c(F)c(F)c3c2C(F)(F)c2c(F)c(F)c(F)c(F)c2-3)c(F)c1F. The fourth-order valence-corrected chi connectivity index (χ4v) is 5.52. The van der Waals surface area contributed by atoms with Gasteiger partial charge in [-0.25, -0.2) is 83.4 Å². The fourth-order valence-electron chi connectivity index (χ4n) is 5.52. The third-order valence-electron chi connectivity index (χ3n) is 8.04. The fraction of sp³-hybridized carbons (Fsp3) is 0.0323. The number of benzene rings is 5. The van der Waals surface area contributed by atoms with E-state index in [1.165, 1.54) is 0 Å². The minimum atomic E-state index is -5.81. The van der Waals surface area contributed by atoms with Crippen molar-refractivity contribution in [2.45, 2.75) is 5.92 Å². The van der Waals surface area contributed by atoms with Gasteiger partial charge in [-0.3, -0.25) is 0 Å².